The van der Waals surface area contributed by atoms with Crippen LogP contribution in [0, 0.1) is 6.92 Å². The second kappa shape index (κ2) is 5.51. The molecule has 1 unspecified atom stereocenters. The number of carbonyl (C=O) groups is 1. The van der Waals surface area contributed by atoms with Gasteiger partial charge < -0.3 is 16.2 Å². The standard InChI is InChI=1S/C12H18N2O2/c1-8-3-4-10(7-11(8)13)12(16)14-9(2)5-6-15/h3-4,7,9,15H,5-6,13H2,1-2H3,(H,14,16). The van der Waals surface area contributed by atoms with Gasteiger partial charge in [-0.2, -0.15) is 0 Å². The van der Waals surface area contributed by atoms with Crippen LogP contribution in [0.4, 0.5) is 5.69 Å². The molecule has 0 aromatic heterocycles. The molecule has 0 saturated carbocycles. The summed E-state index contributed by atoms with van der Waals surface area (Å²) in [5.74, 6) is -0.160. The van der Waals surface area contributed by atoms with Gasteiger partial charge in [0.25, 0.3) is 5.91 Å². The van der Waals surface area contributed by atoms with Gasteiger partial charge in [-0.05, 0) is 38.0 Å². The first-order valence-corrected chi connectivity index (χ1v) is 5.32. The number of hydrogen-bond acceptors (Lipinski definition) is 3. The fourth-order valence-electron chi connectivity index (χ4n) is 1.35. The minimum Gasteiger partial charge on any atom is -0.398 e. The molecule has 1 aromatic carbocycles. The third-order valence-electron chi connectivity index (χ3n) is 2.48. The van der Waals surface area contributed by atoms with Crippen LogP contribution < -0.4 is 11.1 Å². The van der Waals surface area contributed by atoms with Crippen molar-refractivity contribution in [1.82, 2.24) is 5.32 Å². The smallest absolute Gasteiger partial charge is 0.251 e. The van der Waals surface area contributed by atoms with Crippen molar-refractivity contribution in [3.05, 3.63) is 29.3 Å². The molecule has 0 aliphatic rings. The van der Waals surface area contributed by atoms with E-state index in [9.17, 15) is 4.79 Å². The highest BCUT2D eigenvalue weighted by Gasteiger charge is 2.09. The summed E-state index contributed by atoms with van der Waals surface area (Å²) >= 11 is 0. The highest BCUT2D eigenvalue weighted by molar-refractivity contribution is 5.95. The molecular formula is C12H18N2O2. The number of aliphatic hydroxyl groups is 1. The van der Waals surface area contributed by atoms with Crippen molar-refractivity contribution in [2.45, 2.75) is 26.3 Å². The molecule has 0 bridgehead atoms. The molecule has 1 amide bonds. The number of nitrogens with one attached hydrogen (secondary N) is 1. The number of hydrogen-bond donors (Lipinski definition) is 3. The van der Waals surface area contributed by atoms with E-state index in [4.69, 9.17) is 10.8 Å². The molecule has 4 N–H and O–H groups in total. The summed E-state index contributed by atoms with van der Waals surface area (Å²) in [7, 11) is 0. The summed E-state index contributed by atoms with van der Waals surface area (Å²) in [6.07, 6.45) is 0.549. The van der Waals surface area contributed by atoms with Crippen molar-refractivity contribution in [3.63, 3.8) is 0 Å². The van der Waals surface area contributed by atoms with E-state index >= 15 is 0 Å². The first-order valence-electron chi connectivity index (χ1n) is 5.32. The molecule has 1 aromatic rings. The van der Waals surface area contributed by atoms with E-state index in [0.29, 0.717) is 17.7 Å². The Morgan fingerprint density at radius 3 is 2.81 bits per heavy atom. The van der Waals surface area contributed by atoms with Gasteiger partial charge in [-0.15, -0.1) is 0 Å². The van der Waals surface area contributed by atoms with Crippen LogP contribution in [0.3, 0.4) is 0 Å². The molecule has 88 valence electrons. The Labute approximate surface area is 95.5 Å². The number of nitrogens with two attached hydrogens (primary N) is 1. The molecule has 1 atom stereocenters. The van der Waals surface area contributed by atoms with Gasteiger partial charge in [0, 0.05) is 23.9 Å². The summed E-state index contributed by atoms with van der Waals surface area (Å²) in [6.45, 7) is 3.81. The number of amides is 1. The zero-order valence-electron chi connectivity index (χ0n) is 9.66. The van der Waals surface area contributed by atoms with Gasteiger partial charge in [0.05, 0.1) is 0 Å². The van der Waals surface area contributed by atoms with Crippen molar-refractivity contribution < 1.29 is 9.90 Å². The molecule has 0 heterocycles. The monoisotopic (exact) mass is 222 g/mol. The maximum absolute atomic E-state index is 11.7. The molecule has 16 heavy (non-hydrogen) atoms. The van der Waals surface area contributed by atoms with Gasteiger partial charge in [-0.3, -0.25) is 4.79 Å². The Bertz CT molecular complexity index is 377. The van der Waals surface area contributed by atoms with Gasteiger partial charge in [-0.25, -0.2) is 0 Å². The number of aryl methyl sites for hydroxylation is 1. The van der Waals surface area contributed by atoms with Crippen LogP contribution in [0.5, 0.6) is 0 Å². The van der Waals surface area contributed by atoms with Crippen LogP contribution in [0.15, 0.2) is 18.2 Å². The molecule has 0 fully saturated rings. The molecule has 4 heteroatoms. The van der Waals surface area contributed by atoms with Gasteiger partial charge in [-0.1, -0.05) is 6.07 Å². The zero-order valence-corrected chi connectivity index (χ0v) is 9.66. The maximum Gasteiger partial charge on any atom is 0.251 e. The second-order valence-corrected chi connectivity index (χ2v) is 3.96. The highest BCUT2D eigenvalue weighted by Crippen LogP contribution is 2.12. The second-order valence-electron chi connectivity index (χ2n) is 3.96. The van der Waals surface area contributed by atoms with E-state index in [1.54, 1.807) is 12.1 Å². The topological polar surface area (TPSA) is 75.3 Å². The summed E-state index contributed by atoms with van der Waals surface area (Å²) in [5.41, 5.74) is 7.85. The molecule has 0 saturated heterocycles. The van der Waals surface area contributed by atoms with Crippen molar-refractivity contribution in [2.24, 2.45) is 0 Å². The van der Waals surface area contributed by atoms with Crippen molar-refractivity contribution in [3.8, 4) is 0 Å². The van der Waals surface area contributed by atoms with Crippen molar-refractivity contribution >= 4 is 11.6 Å². The molecule has 0 aliphatic heterocycles. The maximum atomic E-state index is 11.7. The number of aliphatic hydroxyl groups excluding tert-OH is 1. The van der Waals surface area contributed by atoms with Crippen molar-refractivity contribution in [2.75, 3.05) is 12.3 Å². The first kappa shape index (κ1) is 12.5. The lowest BCUT2D eigenvalue weighted by molar-refractivity contribution is 0.0934. The summed E-state index contributed by atoms with van der Waals surface area (Å²) in [6, 6.07) is 5.18. The summed E-state index contributed by atoms with van der Waals surface area (Å²) in [4.78, 5) is 11.7. The quantitative estimate of drug-likeness (QED) is 0.667. The van der Waals surface area contributed by atoms with Crippen LogP contribution in [-0.2, 0) is 0 Å². The number of anilines is 1. The Hall–Kier alpha value is -1.55. The van der Waals surface area contributed by atoms with Gasteiger partial charge >= 0.3 is 0 Å². The molecular weight excluding hydrogens is 204 g/mol. The van der Waals surface area contributed by atoms with Crippen LogP contribution in [0.1, 0.15) is 29.3 Å². The number of rotatable bonds is 4. The SMILES string of the molecule is Cc1ccc(C(=O)NC(C)CCO)cc1N. The number of nitrogen functional groups attached to an aromatic ring is 1. The molecule has 0 aliphatic carbocycles. The van der Waals surface area contributed by atoms with E-state index in [2.05, 4.69) is 5.32 Å². The van der Waals surface area contributed by atoms with Crippen molar-refractivity contribution in [1.29, 1.82) is 0 Å². The third kappa shape index (κ3) is 3.24. The number of carbonyl (C=O) groups excluding carboxylic acids is 1. The highest BCUT2D eigenvalue weighted by atomic mass is 16.3. The van der Waals surface area contributed by atoms with Crippen LogP contribution in [-0.4, -0.2) is 23.7 Å². The van der Waals surface area contributed by atoms with E-state index in [1.807, 2.05) is 19.9 Å². The fraction of sp³-hybridized carbons (Fsp3) is 0.417. The summed E-state index contributed by atoms with van der Waals surface area (Å²) in [5, 5.41) is 11.5. The minimum absolute atomic E-state index is 0.0416. The van der Waals surface area contributed by atoms with Gasteiger partial charge in [0.2, 0.25) is 0 Å². The third-order valence-corrected chi connectivity index (χ3v) is 2.48. The average molecular weight is 222 g/mol. The molecule has 1 rings (SSSR count). The van der Waals surface area contributed by atoms with Gasteiger partial charge in [0.1, 0.15) is 0 Å². The molecule has 0 radical (unpaired) electrons. The Morgan fingerprint density at radius 2 is 2.25 bits per heavy atom. The van der Waals surface area contributed by atoms with E-state index < -0.39 is 0 Å². The Kier molecular flexibility index (Phi) is 4.31. The van der Waals surface area contributed by atoms with Crippen LogP contribution >= 0.6 is 0 Å². The lowest BCUT2D eigenvalue weighted by atomic mass is 10.1. The van der Waals surface area contributed by atoms with E-state index in [0.717, 1.165) is 5.56 Å². The normalized spacial score (nSPS) is 12.2. The fourth-order valence-corrected chi connectivity index (χ4v) is 1.35. The predicted molar refractivity (Wildman–Crippen MR) is 64.2 cm³/mol. The zero-order chi connectivity index (χ0) is 12.1. The lowest BCUT2D eigenvalue weighted by Gasteiger charge is -2.12. The molecule has 0 spiro atoms. The minimum atomic E-state index is -0.160. The lowest BCUT2D eigenvalue weighted by Crippen LogP contribution is -2.33. The Balaban J connectivity index is 2.69. The predicted octanol–water partition coefficient (Wildman–Crippen LogP) is 1.08. The van der Waals surface area contributed by atoms with Gasteiger partial charge in [0.15, 0.2) is 0 Å². The largest absolute Gasteiger partial charge is 0.398 e. The first-order chi connectivity index (χ1) is 7.54. The summed E-state index contributed by atoms with van der Waals surface area (Å²) < 4.78 is 0. The molecule has 4 nitrogen and oxygen atoms in total. The van der Waals surface area contributed by atoms with E-state index in [-0.39, 0.29) is 18.6 Å². The average Bonchev–Trinajstić information content (AvgIpc) is 2.22. The van der Waals surface area contributed by atoms with E-state index in [1.165, 1.54) is 0 Å². The number of benzene rings is 1. The van der Waals surface area contributed by atoms with Crippen LogP contribution in [0.2, 0.25) is 0 Å². The Morgan fingerprint density at radius 1 is 1.56 bits per heavy atom. The van der Waals surface area contributed by atoms with Crippen LogP contribution in [0.25, 0.3) is 0 Å².